The fraction of sp³-hybridized carbons (Fsp3) is 0.182. The maximum Gasteiger partial charge on any atom is 0.330 e. The van der Waals surface area contributed by atoms with E-state index in [1.165, 1.54) is 12.3 Å². The van der Waals surface area contributed by atoms with Gasteiger partial charge in [-0.3, -0.25) is 0 Å². The van der Waals surface area contributed by atoms with Gasteiger partial charge >= 0.3 is 5.97 Å². The standard InChI is InChI=1S/C11H10N2O2/c1-2-15-11(14)4-3-9-5-6-13-10(7-9)8-12/h3-7H,2H2,1H3. The summed E-state index contributed by atoms with van der Waals surface area (Å²) in [4.78, 5) is 14.8. The molecule has 0 spiro atoms. The van der Waals surface area contributed by atoms with E-state index in [1.807, 2.05) is 6.07 Å². The Labute approximate surface area is 87.8 Å². The molecule has 1 aromatic rings. The van der Waals surface area contributed by atoms with Gasteiger partial charge in [0.1, 0.15) is 11.8 Å². The number of esters is 1. The van der Waals surface area contributed by atoms with Crippen molar-refractivity contribution >= 4 is 12.0 Å². The van der Waals surface area contributed by atoms with Crippen molar-refractivity contribution in [3.05, 3.63) is 35.7 Å². The van der Waals surface area contributed by atoms with Crippen LogP contribution < -0.4 is 0 Å². The Morgan fingerprint density at radius 1 is 1.73 bits per heavy atom. The summed E-state index contributed by atoms with van der Waals surface area (Å²) in [6, 6.07) is 5.22. The molecule has 0 fully saturated rings. The lowest BCUT2D eigenvalue weighted by Crippen LogP contribution is -1.98. The second-order valence-corrected chi connectivity index (χ2v) is 2.67. The highest BCUT2D eigenvalue weighted by Gasteiger charge is 1.95. The zero-order valence-electron chi connectivity index (χ0n) is 8.30. The van der Waals surface area contributed by atoms with E-state index in [0.29, 0.717) is 12.3 Å². The van der Waals surface area contributed by atoms with Crippen molar-refractivity contribution in [1.29, 1.82) is 5.26 Å². The predicted molar refractivity (Wildman–Crippen MR) is 54.6 cm³/mol. The third kappa shape index (κ3) is 3.61. The predicted octanol–water partition coefficient (Wildman–Crippen LogP) is 1.53. The zero-order valence-corrected chi connectivity index (χ0v) is 8.30. The lowest BCUT2D eigenvalue weighted by Gasteiger charge is -1.95. The zero-order chi connectivity index (χ0) is 11.1. The van der Waals surface area contributed by atoms with E-state index >= 15 is 0 Å². The second-order valence-electron chi connectivity index (χ2n) is 2.67. The number of aromatic nitrogens is 1. The van der Waals surface area contributed by atoms with E-state index in [0.717, 1.165) is 5.56 Å². The molecule has 0 bridgehead atoms. The Kier molecular flexibility index (Phi) is 4.05. The second kappa shape index (κ2) is 5.55. The van der Waals surface area contributed by atoms with Crippen molar-refractivity contribution in [2.75, 3.05) is 6.61 Å². The minimum absolute atomic E-state index is 0.320. The molecular weight excluding hydrogens is 192 g/mol. The number of hydrogen-bond donors (Lipinski definition) is 0. The van der Waals surface area contributed by atoms with E-state index < -0.39 is 5.97 Å². The van der Waals surface area contributed by atoms with Crippen molar-refractivity contribution in [3.63, 3.8) is 0 Å². The summed E-state index contributed by atoms with van der Waals surface area (Å²) in [6.45, 7) is 2.09. The first-order valence-electron chi connectivity index (χ1n) is 4.47. The van der Waals surface area contributed by atoms with Crippen LogP contribution in [0.3, 0.4) is 0 Å². The van der Waals surface area contributed by atoms with Gasteiger partial charge in [0.15, 0.2) is 0 Å². The van der Waals surface area contributed by atoms with Crippen LogP contribution in [0.2, 0.25) is 0 Å². The molecule has 0 saturated carbocycles. The third-order valence-corrected chi connectivity index (χ3v) is 1.60. The summed E-state index contributed by atoms with van der Waals surface area (Å²) >= 11 is 0. The van der Waals surface area contributed by atoms with Crippen molar-refractivity contribution < 1.29 is 9.53 Å². The molecule has 4 nitrogen and oxygen atoms in total. The van der Waals surface area contributed by atoms with Crippen LogP contribution in [0.1, 0.15) is 18.2 Å². The Balaban J connectivity index is 2.72. The molecule has 0 amide bonds. The lowest BCUT2D eigenvalue weighted by atomic mass is 10.2. The molecule has 0 saturated heterocycles. The molecule has 1 rings (SSSR count). The molecule has 0 N–H and O–H groups in total. The third-order valence-electron chi connectivity index (χ3n) is 1.60. The summed E-state index contributed by atoms with van der Waals surface area (Å²) in [5, 5.41) is 8.60. The van der Waals surface area contributed by atoms with E-state index in [2.05, 4.69) is 4.98 Å². The summed E-state index contributed by atoms with van der Waals surface area (Å²) in [5.74, 6) is -0.396. The van der Waals surface area contributed by atoms with Gasteiger partial charge in [0.05, 0.1) is 6.61 Å². The van der Waals surface area contributed by atoms with Crippen LogP contribution in [0.4, 0.5) is 0 Å². The number of rotatable bonds is 3. The van der Waals surface area contributed by atoms with Crippen molar-refractivity contribution in [3.8, 4) is 6.07 Å². The number of nitrogens with zero attached hydrogens (tertiary/aromatic N) is 2. The normalized spacial score (nSPS) is 9.87. The van der Waals surface area contributed by atoms with Gasteiger partial charge in [0.2, 0.25) is 0 Å². The van der Waals surface area contributed by atoms with Crippen LogP contribution in [0.5, 0.6) is 0 Å². The van der Waals surface area contributed by atoms with Crippen LogP contribution >= 0.6 is 0 Å². The van der Waals surface area contributed by atoms with Crippen LogP contribution in [-0.2, 0) is 9.53 Å². The minimum Gasteiger partial charge on any atom is -0.463 e. The van der Waals surface area contributed by atoms with E-state index in [9.17, 15) is 4.79 Å². The van der Waals surface area contributed by atoms with Gasteiger partial charge in [-0.15, -0.1) is 0 Å². The van der Waals surface area contributed by atoms with Crippen molar-refractivity contribution in [2.24, 2.45) is 0 Å². The summed E-state index contributed by atoms with van der Waals surface area (Å²) in [5.41, 5.74) is 1.07. The molecule has 0 aliphatic rings. The number of carbonyl (C=O) groups is 1. The van der Waals surface area contributed by atoms with Crippen LogP contribution in [-0.4, -0.2) is 17.6 Å². The van der Waals surface area contributed by atoms with E-state index in [-0.39, 0.29) is 0 Å². The fourth-order valence-electron chi connectivity index (χ4n) is 0.966. The Morgan fingerprint density at radius 2 is 2.53 bits per heavy atom. The molecule has 15 heavy (non-hydrogen) atoms. The van der Waals surface area contributed by atoms with Crippen LogP contribution in [0, 0.1) is 11.3 Å². The highest BCUT2D eigenvalue weighted by Crippen LogP contribution is 2.03. The average Bonchev–Trinajstić information content (AvgIpc) is 2.27. The smallest absolute Gasteiger partial charge is 0.330 e. The first-order chi connectivity index (χ1) is 7.26. The maximum absolute atomic E-state index is 11.0. The van der Waals surface area contributed by atoms with Gasteiger partial charge in [0, 0.05) is 12.3 Å². The van der Waals surface area contributed by atoms with E-state index in [1.54, 1.807) is 25.1 Å². The number of ether oxygens (including phenoxy) is 1. The van der Waals surface area contributed by atoms with Gasteiger partial charge in [0.25, 0.3) is 0 Å². The van der Waals surface area contributed by atoms with Gasteiger partial charge in [-0.05, 0) is 30.7 Å². The summed E-state index contributed by atoms with van der Waals surface area (Å²) in [7, 11) is 0. The monoisotopic (exact) mass is 202 g/mol. The maximum atomic E-state index is 11.0. The molecule has 0 aliphatic carbocycles. The number of pyridine rings is 1. The number of carbonyl (C=O) groups excluding carboxylic acids is 1. The van der Waals surface area contributed by atoms with Crippen molar-refractivity contribution in [2.45, 2.75) is 6.92 Å². The van der Waals surface area contributed by atoms with Gasteiger partial charge in [-0.1, -0.05) is 0 Å². The summed E-state index contributed by atoms with van der Waals surface area (Å²) < 4.78 is 4.71. The molecule has 0 atom stereocenters. The molecule has 4 heteroatoms. The van der Waals surface area contributed by atoms with Gasteiger partial charge in [-0.2, -0.15) is 5.26 Å². The molecule has 1 aromatic heterocycles. The summed E-state index contributed by atoms with van der Waals surface area (Å²) in [6.07, 6.45) is 4.42. The Bertz CT molecular complexity index is 419. The van der Waals surface area contributed by atoms with Crippen LogP contribution in [0.25, 0.3) is 6.08 Å². The molecule has 0 unspecified atom stereocenters. The molecular formula is C11H10N2O2. The highest BCUT2D eigenvalue weighted by molar-refractivity contribution is 5.87. The minimum atomic E-state index is -0.396. The van der Waals surface area contributed by atoms with Gasteiger partial charge in [-0.25, -0.2) is 9.78 Å². The molecule has 76 valence electrons. The fourth-order valence-corrected chi connectivity index (χ4v) is 0.966. The quantitative estimate of drug-likeness (QED) is 0.550. The molecule has 1 heterocycles. The number of hydrogen-bond acceptors (Lipinski definition) is 4. The van der Waals surface area contributed by atoms with E-state index in [4.69, 9.17) is 10.00 Å². The topological polar surface area (TPSA) is 63.0 Å². The largest absolute Gasteiger partial charge is 0.463 e. The molecule has 0 radical (unpaired) electrons. The van der Waals surface area contributed by atoms with Crippen LogP contribution in [0.15, 0.2) is 24.4 Å². The highest BCUT2D eigenvalue weighted by atomic mass is 16.5. The SMILES string of the molecule is CCOC(=O)C=Cc1ccnc(C#N)c1. The van der Waals surface area contributed by atoms with Gasteiger partial charge < -0.3 is 4.74 Å². The molecule has 0 aromatic carbocycles. The first-order valence-corrected chi connectivity index (χ1v) is 4.47. The lowest BCUT2D eigenvalue weighted by molar-refractivity contribution is -0.137. The Hall–Kier alpha value is -2.15. The average molecular weight is 202 g/mol. The Morgan fingerprint density at radius 3 is 3.20 bits per heavy atom. The van der Waals surface area contributed by atoms with Crippen molar-refractivity contribution in [1.82, 2.24) is 4.98 Å². The number of nitriles is 1. The molecule has 0 aliphatic heterocycles. The first kappa shape index (κ1) is 10.9.